The SMILES string of the molecule is CO[C@@H]1O[C@H](CO)[C@@H](O)[C@H](S[C@@H]2[C@@H](O)[C@@H](OC)O[C@H](CO)[C@H]2O)[C@H]1O. The molecule has 2 saturated heterocycles. The van der Waals surface area contributed by atoms with Crippen LogP contribution in [0, 0.1) is 0 Å². The third-order valence-electron chi connectivity index (χ3n) is 4.42. The number of hydrogen-bond acceptors (Lipinski definition) is 11. The molecule has 2 rings (SSSR count). The second-order valence-corrected chi connectivity index (χ2v) is 7.31. The average molecular weight is 386 g/mol. The van der Waals surface area contributed by atoms with Gasteiger partial charge in [0.2, 0.25) is 0 Å². The molecule has 0 unspecified atom stereocenters. The van der Waals surface area contributed by atoms with Crippen molar-refractivity contribution >= 4 is 11.8 Å². The van der Waals surface area contributed by atoms with E-state index >= 15 is 0 Å². The van der Waals surface area contributed by atoms with Crippen molar-refractivity contribution in [1.29, 1.82) is 0 Å². The van der Waals surface area contributed by atoms with Gasteiger partial charge in [-0.15, -0.1) is 11.8 Å². The summed E-state index contributed by atoms with van der Waals surface area (Å²) in [7, 11) is 2.62. The molecule has 0 radical (unpaired) electrons. The fourth-order valence-electron chi connectivity index (χ4n) is 3.00. The van der Waals surface area contributed by atoms with Gasteiger partial charge in [-0.25, -0.2) is 0 Å². The smallest absolute Gasteiger partial charge is 0.184 e. The molecule has 0 aliphatic carbocycles. The zero-order valence-electron chi connectivity index (χ0n) is 13.9. The van der Waals surface area contributed by atoms with Gasteiger partial charge in [0.15, 0.2) is 12.6 Å². The molecule has 0 saturated carbocycles. The van der Waals surface area contributed by atoms with Crippen molar-refractivity contribution in [1.82, 2.24) is 0 Å². The Kier molecular flexibility index (Phi) is 7.85. The summed E-state index contributed by atoms with van der Waals surface area (Å²) in [5.74, 6) is 0. The predicted octanol–water partition coefficient (Wildman–Crippen LogP) is -3.37. The van der Waals surface area contributed by atoms with E-state index in [4.69, 9.17) is 18.9 Å². The maximum absolute atomic E-state index is 10.4. The van der Waals surface area contributed by atoms with Crippen LogP contribution in [0.2, 0.25) is 0 Å². The van der Waals surface area contributed by atoms with E-state index in [9.17, 15) is 30.6 Å². The number of ether oxygens (including phenoxy) is 4. The highest BCUT2D eigenvalue weighted by Crippen LogP contribution is 2.38. The van der Waals surface area contributed by atoms with Gasteiger partial charge in [-0.05, 0) is 0 Å². The first-order valence-electron chi connectivity index (χ1n) is 7.85. The van der Waals surface area contributed by atoms with Crippen LogP contribution in [0.1, 0.15) is 0 Å². The lowest BCUT2D eigenvalue weighted by Crippen LogP contribution is -2.62. The highest BCUT2D eigenvalue weighted by atomic mass is 32.2. The normalized spacial score (nSPS) is 48.5. The Balaban J connectivity index is 2.20. The minimum atomic E-state index is -1.27. The summed E-state index contributed by atoms with van der Waals surface area (Å²) >= 11 is 0.908. The maximum Gasteiger partial charge on any atom is 0.184 e. The lowest BCUT2D eigenvalue weighted by molar-refractivity contribution is -0.262. The van der Waals surface area contributed by atoms with Crippen LogP contribution in [-0.2, 0) is 18.9 Å². The second kappa shape index (κ2) is 9.24. The minimum Gasteiger partial charge on any atom is -0.394 e. The lowest BCUT2D eigenvalue weighted by Gasteiger charge is -2.46. The van der Waals surface area contributed by atoms with Crippen LogP contribution in [0.5, 0.6) is 0 Å². The quantitative estimate of drug-likeness (QED) is 0.271. The summed E-state index contributed by atoms with van der Waals surface area (Å²) in [6, 6.07) is 0. The molecular formula is C14H26O10S. The Labute approximate surface area is 149 Å². The summed E-state index contributed by atoms with van der Waals surface area (Å²) < 4.78 is 20.6. The summed E-state index contributed by atoms with van der Waals surface area (Å²) in [6.45, 7) is -0.993. The van der Waals surface area contributed by atoms with Gasteiger partial charge in [0.05, 0.1) is 35.9 Å². The van der Waals surface area contributed by atoms with Gasteiger partial charge in [-0.1, -0.05) is 0 Å². The molecule has 0 aromatic heterocycles. The third kappa shape index (κ3) is 4.28. The number of thioether (sulfide) groups is 1. The third-order valence-corrected chi connectivity index (χ3v) is 6.17. The molecule has 25 heavy (non-hydrogen) atoms. The highest BCUT2D eigenvalue weighted by Gasteiger charge is 2.51. The molecule has 0 aromatic carbocycles. The van der Waals surface area contributed by atoms with Gasteiger partial charge in [0.1, 0.15) is 24.4 Å². The zero-order chi connectivity index (χ0) is 18.7. The average Bonchev–Trinajstić information content (AvgIpc) is 2.61. The number of methoxy groups -OCH3 is 2. The van der Waals surface area contributed by atoms with Crippen LogP contribution in [0.15, 0.2) is 0 Å². The largest absolute Gasteiger partial charge is 0.394 e. The van der Waals surface area contributed by atoms with Crippen molar-refractivity contribution in [2.75, 3.05) is 27.4 Å². The monoisotopic (exact) mass is 386 g/mol. The van der Waals surface area contributed by atoms with E-state index in [-0.39, 0.29) is 0 Å². The first-order chi connectivity index (χ1) is 11.9. The number of aliphatic hydroxyl groups is 6. The Bertz CT molecular complexity index is 347. The molecule has 2 fully saturated rings. The molecular weight excluding hydrogens is 360 g/mol. The van der Waals surface area contributed by atoms with Gasteiger partial charge in [-0.3, -0.25) is 0 Å². The van der Waals surface area contributed by atoms with Crippen LogP contribution in [0.3, 0.4) is 0 Å². The number of aliphatic hydroxyl groups excluding tert-OH is 6. The first kappa shape index (κ1) is 21.3. The first-order valence-corrected chi connectivity index (χ1v) is 8.79. The molecule has 2 aliphatic heterocycles. The fourth-order valence-corrected chi connectivity index (χ4v) is 4.61. The molecule has 0 aromatic rings. The molecule has 10 atom stereocenters. The highest BCUT2D eigenvalue weighted by molar-refractivity contribution is 8.00. The van der Waals surface area contributed by atoms with Gasteiger partial charge in [0, 0.05) is 14.2 Å². The Hall–Kier alpha value is -0.0500. The topological polar surface area (TPSA) is 158 Å². The van der Waals surface area contributed by atoms with E-state index < -0.39 is 72.9 Å². The van der Waals surface area contributed by atoms with Crippen LogP contribution in [-0.4, -0.2) is 118 Å². The Morgan fingerprint density at radius 1 is 0.720 bits per heavy atom. The standard InChI is InChI=1S/C14H26O10S/c1-21-13-9(19)11(7(17)5(3-15)23-13)25-12-8(18)6(4-16)24-14(22-2)10(12)20/h5-20H,3-4H2,1-2H3/t5-,6-,7-,8-,9-,10-,11+,12+,13-,14+/m1/s1. The van der Waals surface area contributed by atoms with E-state index in [1.165, 1.54) is 14.2 Å². The van der Waals surface area contributed by atoms with E-state index in [1.54, 1.807) is 0 Å². The summed E-state index contributed by atoms with van der Waals surface area (Å²) in [4.78, 5) is 0. The molecule has 11 heteroatoms. The number of rotatable bonds is 6. The van der Waals surface area contributed by atoms with Gasteiger partial charge < -0.3 is 49.6 Å². The number of hydrogen-bond donors (Lipinski definition) is 6. The summed E-state index contributed by atoms with van der Waals surface area (Å²) in [5.41, 5.74) is 0. The molecule has 2 heterocycles. The molecule has 148 valence electrons. The zero-order valence-corrected chi connectivity index (χ0v) is 14.7. The molecule has 0 bridgehead atoms. The van der Waals surface area contributed by atoms with Crippen LogP contribution in [0.25, 0.3) is 0 Å². The van der Waals surface area contributed by atoms with E-state index in [1.807, 2.05) is 0 Å². The maximum atomic E-state index is 10.4. The van der Waals surface area contributed by atoms with Crippen molar-refractivity contribution in [2.24, 2.45) is 0 Å². The summed E-state index contributed by atoms with van der Waals surface area (Å²) in [6.07, 6.45) is -9.25. The molecule has 10 nitrogen and oxygen atoms in total. The van der Waals surface area contributed by atoms with E-state index in [0.29, 0.717) is 0 Å². The molecule has 2 aliphatic rings. The van der Waals surface area contributed by atoms with Crippen molar-refractivity contribution in [3.63, 3.8) is 0 Å². The van der Waals surface area contributed by atoms with Gasteiger partial charge in [0.25, 0.3) is 0 Å². The van der Waals surface area contributed by atoms with E-state index in [0.717, 1.165) is 11.8 Å². The van der Waals surface area contributed by atoms with Crippen molar-refractivity contribution in [2.45, 2.75) is 59.7 Å². The fraction of sp³-hybridized carbons (Fsp3) is 1.00. The van der Waals surface area contributed by atoms with Gasteiger partial charge >= 0.3 is 0 Å². The molecule has 0 spiro atoms. The minimum absolute atomic E-state index is 0.496. The van der Waals surface area contributed by atoms with Crippen LogP contribution < -0.4 is 0 Å². The van der Waals surface area contributed by atoms with E-state index in [2.05, 4.69) is 0 Å². The predicted molar refractivity (Wildman–Crippen MR) is 84.7 cm³/mol. The van der Waals surface area contributed by atoms with Crippen LogP contribution in [0.4, 0.5) is 0 Å². The van der Waals surface area contributed by atoms with Crippen molar-refractivity contribution < 1.29 is 49.6 Å². The Morgan fingerprint density at radius 2 is 1.08 bits per heavy atom. The Morgan fingerprint density at radius 3 is 1.36 bits per heavy atom. The van der Waals surface area contributed by atoms with Crippen molar-refractivity contribution in [3.8, 4) is 0 Å². The van der Waals surface area contributed by atoms with Gasteiger partial charge in [-0.2, -0.15) is 0 Å². The summed E-state index contributed by atoms with van der Waals surface area (Å²) in [5, 5.41) is 58.3. The second-order valence-electron chi connectivity index (χ2n) is 5.95. The molecule has 0 amide bonds. The molecule has 6 N–H and O–H groups in total. The lowest BCUT2D eigenvalue weighted by atomic mass is 10.0. The van der Waals surface area contributed by atoms with Crippen LogP contribution >= 0.6 is 11.8 Å². The van der Waals surface area contributed by atoms with Crippen molar-refractivity contribution in [3.05, 3.63) is 0 Å².